The molecule has 0 radical (unpaired) electrons. The van der Waals surface area contributed by atoms with Crippen LogP contribution in [0.15, 0.2) is 85.1 Å². The normalized spacial score (nSPS) is 15.9. The van der Waals surface area contributed by atoms with E-state index in [1.807, 2.05) is 12.1 Å². The smallest absolute Gasteiger partial charge is 0.226 e. The zero-order valence-electron chi connectivity index (χ0n) is 22.6. The van der Waals surface area contributed by atoms with Gasteiger partial charge in [0.05, 0.1) is 25.3 Å². The Labute approximate surface area is 234 Å². The zero-order valence-corrected chi connectivity index (χ0v) is 22.6. The summed E-state index contributed by atoms with van der Waals surface area (Å²) >= 11 is 0. The van der Waals surface area contributed by atoms with Crippen molar-refractivity contribution in [2.45, 2.75) is 32.0 Å². The third-order valence-corrected chi connectivity index (χ3v) is 7.88. The van der Waals surface area contributed by atoms with Gasteiger partial charge in [-0.2, -0.15) is 9.97 Å². The van der Waals surface area contributed by atoms with Crippen LogP contribution in [0.5, 0.6) is 5.75 Å². The van der Waals surface area contributed by atoms with Gasteiger partial charge in [-0.05, 0) is 47.7 Å². The molecular formula is C32H33N7O. The average molecular weight is 532 g/mol. The molecule has 3 N–H and O–H groups in total. The number of aromatic nitrogens is 3. The Morgan fingerprint density at radius 2 is 1.68 bits per heavy atom. The fourth-order valence-corrected chi connectivity index (χ4v) is 5.84. The van der Waals surface area contributed by atoms with Crippen molar-refractivity contribution >= 4 is 28.5 Å². The van der Waals surface area contributed by atoms with Crippen LogP contribution >= 0.6 is 0 Å². The van der Waals surface area contributed by atoms with Crippen molar-refractivity contribution < 1.29 is 4.74 Å². The molecule has 2 aliphatic rings. The first kappa shape index (κ1) is 24.5. The van der Waals surface area contributed by atoms with Gasteiger partial charge < -0.3 is 19.9 Å². The summed E-state index contributed by atoms with van der Waals surface area (Å²) < 4.78 is 5.36. The number of methoxy groups -OCH3 is 1. The van der Waals surface area contributed by atoms with Gasteiger partial charge in [-0.3, -0.25) is 5.01 Å². The number of nitrogens with one attached hydrogen (secondary N) is 3. The molecule has 1 unspecified atom stereocenters. The third-order valence-electron chi connectivity index (χ3n) is 7.88. The fourth-order valence-electron chi connectivity index (χ4n) is 5.84. The molecule has 40 heavy (non-hydrogen) atoms. The van der Waals surface area contributed by atoms with Crippen LogP contribution in [0.2, 0.25) is 0 Å². The number of nitrogens with zero attached hydrogens (tertiary/aromatic N) is 4. The number of rotatable bonds is 9. The first-order valence-electron chi connectivity index (χ1n) is 13.9. The standard InChI is InChI=1S/C32H33N7O/c1-40-25-13-11-23(12-14-25)20-38-18-16-28-29-30(38)35-32(33-17-15-24-19-34-27-10-6-5-9-26(24)27)36-31(29)39(37-28)21-22-7-3-2-4-8-22/h2-14,19,28,34,37H,15-18,20-21H2,1H3,(H,33,35,36). The molecule has 7 rings (SSSR count). The van der Waals surface area contributed by atoms with Gasteiger partial charge in [0.2, 0.25) is 5.95 Å². The van der Waals surface area contributed by atoms with Crippen molar-refractivity contribution in [3.05, 3.63) is 107 Å². The van der Waals surface area contributed by atoms with Crippen LogP contribution in [-0.2, 0) is 19.5 Å². The minimum atomic E-state index is 0.209. The van der Waals surface area contributed by atoms with Gasteiger partial charge in [0.1, 0.15) is 11.6 Å². The van der Waals surface area contributed by atoms with Gasteiger partial charge in [0.25, 0.3) is 0 Å². The minimum absolute atomic E-state index is 0.209. The molecule has 3 aromatic carbocycles. The molecule has 0 spiro atoms. The van der Waals surface area contributed by atoms with Gasteiger partial charge in [0, 0.05) is 36.7 Å². The Kier molecular flexibility index (Phi) is 6.45. The van der Waals surface area contributed by atoms with E-state index < -0.39 is 0 Å². The van der Waals surface area contributed by atoms with E-state index in [1.165, 1.54) is 33.2 Å². The molecule has 0 fully saturated rings. The largest absolute Gasteiger partial charge is 0.497 e. The summed E-state index contributed by atoms with van der Waals surface area (Å²) in [5, 5.41) is 7.00. The SMILES string of the molecule is COc1ccc(CN2CCC3NN(Cc4ccccc4)c4nc(NCCc5c[nH]c6ccccc56)nc2c43)cc1. The highest BCUT2D eigenvalue weighted by atomic mass is 16.5. The molecule has 0 saturated carbocycles. The van der Waals surface area contributed by atoms with Crippen molar-refractivity contribution in [2.24, 2.45) is 0 Å². The van der Waals surface area contributed by atoms with E-state index in [-0.39, 0.29) is 6.04 Å². The van der Waals surface area contributed by atoms with E-state index in [0.717, 1.165) is 56.4 Å². The highest BCUT2D eigenvalue weighted by Crippen LogP contribution is 2.44. The van der Waals surface area contributed by atoms with Crippen molar-refractivity contribution in [3.8, 4) is 5.75 Å². The van der Waals surface area contributed by atoms with E-state index in [9.17, 15) is 0 Å². The number of H-pyrrole nitrogens is 1. The summed E-state index contributed by atoms with van der Waals surface area (Å²) in [4.78, 5) is 15.9. The monoisotopic (exact) mass is 531 g/mol. The van der Waals surface area contributed by atoms with Crippen molar-refractivity contribution in [1.82, 2.24) is 20.4 Å². The maximum Gasteiger partial charge on any atom is 0.226 e. The molecule has 0 bridgehead atoms. The quantitative estimate of drug-likeness (QED) is 0.229. The van der Waals surface area contributed by atoms with Crippen LogP contribution in [0, 0.1) is 0 Å². The number of para-hydroxylation sites is 1. The number of hydrogen-bond acceptors (Lipinski definition) is 7. The van der Waals surface area contributed by atoms with Crippen molar-refractivity contribution in [3.63, 3.8) is 0 Å². The lowest BCUT2D eigenvalue weighted by molar-refractivity contribution is 0.414. The van der Waals surface area contributed by atoms with Crippen LogP contribution in [-0.4, -0.2) is 35.2 Å². The van der Waals surface area contributed by atoms with Gasteiger partial charge in [-0.25, -0.2) is 5.43 Å². The van der Waals surface area contributed by atoms with Gasteiger partial charge in [-0.1, -0.05) is 60.7 Å². The average Bonchev–Trinajstić information content (AvgIpc) is 3.57. The first-order valence-corrected chi connectivity index (χ1v) is 13.9. The maximum atomic E-state index is 5.36. The van der Waals surface area contributed by atoms with Crippen LogP contribution in [0.1, 0.15) is 34.7 Å². The second-order valence-electron chi connectivity index (χ2n) is 10.5. The summed E-state index contributed by atoms with van der Waals surface area (Å²) in [7, 11) is 1.70. The summed E-state index contributed by atoms with van der Waals surface area (Å²) in [6.07, 6.45) is 3.98. The number of hydrogen-bond donors (Lipinski definition) is 3. The number of hydrazine groups is 1. The highest BCUT2D eigenvalue weighted by molar-refractivity contribution is 5.83. The molecule has 0 aliphatic carbocycles. The molecule has 2 aliphatic heterocycles. The molecule has 0 saturated heterocycles. The van der Waals surface area contributed by atoms with Gasteiger partial charge >= 0.3 is 0 Å². The summed E-state index contributed by atoms with van der Waals surface area (Å²) in [6, 6.07) is 27.5. The van der Waals surface area contributed by atoms with Crippen LogP contribution < -0.4 is 25.4 Å². The number of aromatic amines is 1. The molecule has 0 amide bonds. The molecule has 202 valence electrons. The summed E-state index contributed by atoms with van der Waals surface area (Å²) in [6.45, 7) is 3.19. The predicted octanol–water partition coefficient (Wildman–Crippen LogP) is 5.60. The first-order chi connectivity index (χ1) is 19.7. The number of ether oxygens (including phenoxy) is 1. The van der Waals surface area contributed by atoms with E-state index in [4.69, 9.17) is 14.7 Å². The molecular weight excluding hydrogens is 498 g/mol. The highest BCUT2D eigenvalue weighted by Gasteiger charge is 2.38. The van der Waals surface area contributed by atoms with E-state index in [1.54, 1.807) is 7.11 Å². The lowest BCUT2D eigenvalue weighted by Gasteiger charge is -2.32. The Balaban J connectivity index is 1.18. The second-order valence-corrected chi connectivity index (χ2v) is 10.5. The number of anilines is 3. The summed E-state index contributed by atoms with van der Waals surface area (Å²) in [5.74, 6) is 3.51. The fraction of sp³-hybridized carbons (Fsp3) is 0.250. The number of fused-ring (bicyclic) bond motifs is 1. The second kappa shape index (κ2) is 10.5. The van der Waals surface area contributed by atoms with E-state index >= 15 is 0 Å². The van der Waals surface area contributed by atoms with Crippen LogP contribution in [0.4, 0.5) is 17.6 Å². The Bertz CT molecular complexity index is 1620. The molecule has 4 heterocycles. The Morgan fingerprint density at radius 1 is 0.900 bits per heavy atom. The third kappa shape index (κ3) is 4.71. The van der Waals surface area contributed by atoms with Gasteiger partial charge in [-0.15, -0.1) is 0 Å². The topological polar surface area (TPSA) is 81.3 Å². The molecule has 8 heteroatoms. The lowest BCUT2D eigenvalue weighted by Crippen LogP contribution is -2.37. The van der Waals surface area contributed by atoms with Crippen molar-refractivity contribution in [2.75, 3.05) is 35.4 Å². The number of benzene rings is 3. The van der Waals surface area contributed by atoms with Crippen molar-refractivity contribution in [1.29, 1.82) is 0 Å². The zero-order chi connectivity index (χ0) is 26.9. The van der Waals surface area contributed by atoms with Crippen LogP contribution in [0.3, 0.4) is 0 Å². The predicted molar refractivity (Wildman–Crippen MR) is 160 cm³/mol. The van der Waals surface area contributed by atoms with Gasteiger partial charge in [0.15, 0.2) is 5.82 Å². The molecule has 5 aromatic rings. The molecule has 8 nitrogen and oxygen atoms in total. The minimum Gasteiger partial charge on any atom is -0.497 e. The lowest BCUT2D eigenvalue weighted by atomic mass is 10.0. The maximum absolute atomic E-state index is 5.36. The molecule has 1 atom stereocenters. The van der Waals surface area contributed by atoms with E-state index in [2.05, 4.69) is 98.6 Å². The van der Waals surface area contributed by atoms with E-state index in [0.29, 0.717) is 5.95 Å². The summed E-state index contributed by atoms with van der Waals surface area (Å²) in [5.41, 5.74) is 9.85. The Hall–Kier alpha value is -4.56. The molecule has 2 aromatic heterocycles. The Morgan fingerprint density at radius 3 is 2.52 bits per heavy atom. The van der Waals surface area contributed by atoms with Crippen LogP contribution in [0.25, 0.3) is 10.9 Å².